The third kappa shape index (κ3) is 6.72. The summed E-state index contributed by atoms with van der Waals surface area (Å²) in [5, 5.41) is 5.57. The van der Waals surface area contributed by atoms with Crippen LogP contribution in [-0.2, 0) is 17.9 Å². The zero-order valence-electron chi connectivity index (χ0n) is 18.5. The van der Waals surface area contributed by atoms with Crippen molar-refractivity contribution in [2.45, 2.75) is 26.4 Å². The number of ether oxygens (including phenoxy) is 1. The van der Waals surface area contributed by atoms with Crippen LogP contribution < -0.4 is 15.4 Å². The summed E-state index contributed by atoms with van der Waals surface area (Å²) in [6, 6.07) is 18.5. The molecule has 0 fully saturated rings. The molecule has 0 radical (unpaired) electrons. The van der Waals surface area contributed by atoms with Crippen LogP contribution in [0.3, 0.4) is 0 Å². The molecule has 0 saturated carbocycles. The Balaban J connectivity index is 1.69. The summed E-state index contributed by atoms with van der Waals surface area (Å²) in [7, 11) is 1.60. The molecule has 0 aliphatic carbocycles. The van der Waals surface area contributed by atoms with E-state index < -0.39 is 0 Å². The Kier molecular flexibility index (Phi) is 8.45. The second-order valence-corrected chi connectivity index (χ2v) is 7.39. The normalized spacial score (nSPS) is 10.7. The van der Waals surface area contributed by atoms with E-state index >= 15 is 0 Å². The number of hydrogen-bond donors (Lipinski definition) is 2. The highest BCUT2D eigenvalue weighted by atomic mass is 16.5. The Morgan fingerprint density at radius 3 is 2.47 bits per heavy atom. The van der Waals surface area contributed by atoms with Gasteiger partial charge in [-0.05, 0) is 48.4 Å². The third-order valence-corrected chi connectivity index (χ3v) is 4.80. The van der Waals surface area contributed by atoms with Crippen molar-refractivity contribution in [2.24, 2.45) is 0 Å². The Labute approximate surface area is 188 Å². The van der Waals surface area contributed by atoms with Gasteiger partial charge in [0.1, 0.15) is 11.5 Å². The van der Waals surface area contributed by atoms with Gasteiger partial charge >= 0.3 is 0 Å². The first-order valence-corrected chi connectivity index (χ1v) is 10.7. The number of carbonyl (C=O) groups is 2. The molecule has 32 heavy (non-hydrogen) atoms. The lowest BCUT2D eigenvalue weighted by Crippen LogP contribution is -2.32. The number of furan rings is 1. The fourth-order valence-corrected chi connectivity index (χ4v) is 3.26. The maximum Gasteiger partial charge on any atom is 0.251 e. The van der Waals surface area contributed by atoms with Crippen molar-refractivity contribution in [2.75, 3.05) is 25.5 Å². The number of carbonyl (C=O) groups excluding carboxylic acids is 2. The highest BCUT2D eigenvalue weighted by Crippen LogP contribution is 2.24. The first-order valence-electron chi connectivity index (χ1n) is 10.7. The molecule has 2 aromatic carbocycles. The van der Waals surface area contributed by atoms with E-state index in [4.69, 9.17) is 9.15 Å². The fourth-order valence-electron chi connectivity index (χ4n) is 3.26. The van der Waals surface area contributed by atoms with Crippen molar-refractivity contribution in [3.63, 3.8) is 0 Å². The van der Waals surface area contributed by atoms with E-state index in [1.807, 2.05) is 60.4 Å². The molecule has 0 spiro atoms. The van der Waals surface area contributed by atoms with Crippen molar-refractivity contribution in [3.05, 3.63) is 83.8 Å². The Bertz CT molecular complexity index is 1000. The average Bonchev–Trinajstić information content (AvgIpc) is 3.31. The Hall–Kier alpha value is -3.58. The summed E-state index contributed by atoms with van der Waals surface area (Å²) >= 11 is 0. The maximum atomic E-state index is 12.9. The summed E-state index contributed by atoms with van der Waals surface area (Å²) in [6.07, 6.45) is 2.50. The van der Waals surface area contributed by atoms with E-state index in [1.165, 1.54) is 0 Å². The van der Waals surface area contributed by atoms with Crippen molar-refractivity contribution >= 4 is 17.5 Å². The number of anilines is 1. The highest BCUT2D eigenvalue weighted by Gasteiger charge is 2.15. The van der Waals surface area contributed by atoms with Crippen LogP contribution in [0.5, 0.6) is 5.75 Å². The van der Waals surface area contributed by atoms with Gasteiger partial charge in [0.05, 0.1) is 31.6 Å². The minimum Gasteiger partial charge on any atom is -0.491 e. The zero-order chi connectivity index (χ0) is 22.8. The molecule has 0 aliphatic heterocycles. The topological polar surface area (TPSA) is 83.8 Å². The summed E-state index contributed by atoms with van der Waals surface area (Å²) in [5.74, 6) is 1.15. The van der Waals surface area contributed by atoms with Gasteiger partial charge in [-0.1, -0.05) is 31.2 Å². The molecule has 0 saturated heterocycles. The number of para-hydroxylation sites is 2. The van der Waals surface area contributed by atoms with Gasteiger partial charge in [0.25, 0.3) is 5.91 Å². The summed E-state index contributed by atoms with van der Waals surface area (Å²) in [4.78, 5) is 26.6. The summed E-state index contributed by atoms with van der Waals surface area (Å²) < 4.78 is 11.2. The van der Waals surface area contributed by atoms with Crippen molar-refractivity contribution in [3.8, 4) is 5.75 Å². The molecule has 7 heteroatoms. The van der Waals surface area contributed by atoms with E-state index in [2.05, 4.69) is 10.6 Å². The van der Waals surface area contributed by atoms with Gasteiger partial charge in [-0.25, -0.2) is 0 Å². The lowest BCUT2D eigenvalue weighted by molar-refractivity contribution is -0.117. The highest BCUT2D eigenvalue weighted by molar-refractivity contribution is 5.94. The van der Waals surface area contributed by atoms with Crippen molar-refractivity contribution in [1.29, 1.82) is 0 Å². The largest absolute Gasteiger partial charge is 0.491 e. The van der Waals surface area contributed by atoms with Gasteiger partial charge < -0.3 is 19.8 Å². The van der Waals surface area contributed by atoms with Crippen LogP contribution in [0.15, 0.2) is 71.3 Å². The van der Waals surface area contributed by atoms with Gasteiger partial charge in [0.15, 0.2) is 0 Å². The monoisotopic (exact) mass is 435 g/mol. The minimum absolute atomic E-state index is 0.132. The molecule has 2 N–H and O–H groups in total. The van der Waals surface area contributed by atoms with E-state index in [0.29, 0.717) is 36.7 Å². The quantitative estimate of drug-likeness (QED) is 0.474. The Morgan fingerprint density at radius 2 is 1.78 bits per heavy atom. The molecule has 0 aliphatic rings. The molecule has 0 unspecified atom stereocenters. The number of hydrogen-bond acceptors (Lipinski definition) is 5. The molecule has 2 amide bonds. The van der Waals surface area contributed by atoms with Gasteiger partial charge in [-0.15, -0.1) is 0 Å². The van der Waals surface area contributed by atoms with Crippen molar-refractivity contribution in [1.82, 2.24) is 10.2 Å². The van der Waals surface area contributed by atoms with Crippen LogP contribution in [0, 0.1) is 0 Å². The molecule has 1 aromatic heterocycles. The summed E-state index contributed by atoms with van der Waals surface area (Å²) in [5.41, 5.74) is 2.23. The number of nitrogens with zero attached hydrogens (tertiary/aromatic N) is 1. The molecular weight excluding hydrogens is 406 g/mol. The number of benzene rings is 2. The fraction of sp³-hybridized carbons (Fsp3) is 0.280. The van der Waals surface area contributed by atoms with Gasteiger partial charge in [-0.2, -0.15) is 0 Å². The average molecular weight is 436 g/mol. The predicted octanol–water partition coefficient (Wildman–Crippen LogP) is 4.07. The minimum atomic E-state index is -0.147. The molecule has 0 bridgehead atoms. The van der Waals surface area contributed by atoms with E-state index in [0.717, 1.165) is 17.7 Å². The van der Waals surface area contributed by atoms with Gasteiger partial charge in [-0.3, -0.25) is 14.5 Å². The Morgan fingerprint density at radius 1 is 1.00 bits per heavy atom. The number of nitrogens with one attached hydrogen (secondary N) is 2. The van der Waals surface area contributed by atoms with Crippen molar-refractivity contribution < 1.29 is 18.7 Å². The second kappa shape index (κ2) is 11.7. The standard InChI is InChI=1S/C25H29N3O4/c1-3-14-32-23-9-5-4-8-22(23)27-24(29)18-28(17-21-7-6-15-31-21)16-19-10-12-20(13-11-19)25(30)26-2/h4-13,15H,3,14,16-18H2,1-2H3,(H,26,30)(H,27,29). The lowest BCUT2D eigenvalue weighted by Gasteiger charge is -2.21. The molecular formula is C25H29N3O4. The van der Waals surface area contributed by atoms with Crippen LogP contribution in [0.25, 0.3) is 0 Å². The van der Waals surface area contributed by atoms with E-state index in [9.17, 15) is 9.59 Å². The van der Waals surface area contributed by atoms with Gasteiger partial charge in [0, 0.05) is 19.2 Å². The lowest BCUT2D eigenvalue weighted by atomic mass is 10.1. The van der Waals surface area contributed by atoms with Crippen LogP contribution in [0.1, 0.15) is 35.0 Å². The molecule has 7 nitrogen and oxygen atoms in total. The summed E-state index contributed by atoms with van der Waals surface area (Å²) in [6.45, 7) is 3.79. The number of rotatable bonds is 11. The second-order valence-electron chi connectivity index (χ2n) is 7.39. The molecule has 168 valence electrons. The third-order valence-electron chi connectivity index (χ3n) is 4.80. The molecule has 0 atom stereocenters. The van der Waals surface area contributed by atoms with Crippen LogP contribution >= 0.6 is 0 Å². The maximum absolute atomic E-state index is 12.9. The van der Waals surface area contributed by atoms with E-state index in [-0.39, 0.29) is 18.4 Å². The predicted molar refractivity (Wildman–Crippen MR) is 124 cm³/mol. The number of amides is 2. The van der Waals surface area contributed by atoms with Crippen LogP contribution in [-0.4, -0.2) is 36.9 Å². The SMILES string of the molecule is CCCOc1ccccc1NC(=O)CN(Cc1ccc(C(=O)NC)cc1)Cc1ccco1. The van der Waals surface area contributed by atoms with Gasteiger partial charge in [0.2, 0.25) is 5.91 Å². The van der Waals surface area contributed by atoms with Crippen LogP contribution in [0.2, 0.25) is 0 Å². The first-order chi connectivity index (χ1) is 15.6. The smallest absolute Gasteiger partial charge is 0.251 e. The van der Waals surface area contributed by atoms with E-state index in [1.54, 1.807) is 25.4 Å². The molecule has 1 heterocycles. The van der Waals surface area contributed by atoms with Crippen LogP contribution in [0.4, 0.5) is 5.69 Å². The zero-order valence-corrected chi connectivity index (χ0v) is 18.5. The molecule has 3 aromatic rings. The molecule has 3 rings (SSSR count). The first kappa shape index (κ1) is 23.1.